The number of carbonyl (C=O) groups excluding carboxylic acids is 1. The summed E-state index contributed by atoms with van der Waals surface area (Å²) in [6.45, 7) is 8.11. The molecule has 0 amide bonds. The van der Waals surface area contributed by atoms with E-state index in [1.54, 1.807) is 0 Å². The van der Waals surface area contributed by atoms with Crippen LogP contribution in [-0.2, 0) is 9.53 Å². The molecule has 1 N–H and O–H groups in total. The normalized spacial score (nSPS) is 23.5. The Balaban J connectivity index is 2.01. The highest BCUT2D eigenvalue weighted by Crippen LogP contribution is 2.55. The number of aliphatic hydroxyl groups excluding tert-OH is 1. The van der Waals surface area contributed by atoms with E-state index in [0.717, 1.165) is 41.5 Å². The van der Waals surface area contributed by atoms with Gasteiger partial charge >= 0.3 is 5.97 Å². The summed E-state index contributed by atoms with van der Waals surface area (Å²) in [5, 5.41) is 10.5. The molecule has 1 unspecified atom stereocenters. The minimum atomic E-state index is -0.372. The Kier molecular flexibility index (Phi) is 3.54. The van der Waals surface area contributed by atoms with Crippen LogP contribution < -0.4 is 0 Å². The molecule has 0 radical (unpaired) electrons. The maximum Gasteiger partial charge on any atom is 0.342 e. The molecule has 1 aliphatic carbocycles. The van der Waals surface area contributed by atoms with Crippen molar-refractivity contribution in [2.75, 3.05) is 0 Å². The molecule has 0 bridgehead atoms. The Bertz CT molecular complexity index is 642. The minimum absolute atomic E-state index is 0.104. The summed E-state index contributed by atoms with van der Waals surface area (Å²) in [6.07, 6.45) is 3.46. The molecule has 1 saturated carbocycles. The Morgan fingerprint density at radius 3 is 2.27 bits per heavy atom. The highest BCUT2D eigenvalue weighted by molar-refractivity contribution is 6.18. The molecule has 0 aromatic heterocycles. The lowest BCUT2D eigenvalue weighted by Gasteiger charge is -2.31. The van der Waals surface area contributed by atoms with E-state index in [1.165, 1.54) is 0 Å². The van der Waals surface area contributed by atoms with Crippen LogP contribution in [0.4, 0.5) is 0 Å². The quantitative estimate of drug-likeness (QED) is 0.842. The first-order valence-electron chi connectivity index (χ1n) is 8.09. The number of benzene rings is 1. The zero-order valence-corrected chi connectivity index (χ0v) is 13.8. The van der Waals surface area contributed by atoms with Crippen LogP contribution in [0.3, 0.4) is 0 Å². The first kappa shape index (κ1) is 15.1. The molecular formula is C19H24O3. The number of hydrogen-bond acceptors (Lipinski definition) is 3. The number of hydrogen-bond donors (Lipinski definition) is 1. The monoisotopic (exact) mass is 300 g/mol. The number of cyclic esters (lactones) is 1. The van der Waals surface area contributed by atoms with Gasteiger partial charge in [0.2, 0.25) is 0 Å². The van der Waals surface area contributed by atoms with Crippen LogP contribution in [0.15, 0.2) is 17.9 Å². The fraction of sp³-hybridized carbons (Fsp3) is 0.526. The second-order valence-electron chi connectivity index (χ2n) is 6.91. The smallest absolute Gasteiger partial charge is 0.342 e. The van der Waals surface area contributed by atoms with Gasteiger partial charge in [0.15, 0.2) is 0 Å². The molecule has 1 heterocycles. The number of aryl methyl sites for hydroxylation is 3. The number of rotatable bonds is 3. The van der Waals surface area contributed by atoms with Gasteiger partial charge in [0, 0.05) is 11.8 Å². The van der Waals surface area contributed by atoms with Crippen LogP contribution in [0.1, 0.15) is 54.9 Å². The van der Waals surface area contributed by atoms with Crippen LogP contribution >= 0.6 is 0 Å². The maximum absolute atomic E-state index is 12.6. The van der Waals surface area contributed by atoms with Crippen molar-refractivity contribution in [2.24, 2.45) is 5.41 Å². The van der Waals surface area contributed by atoms with Crippen molar-refractivity contribution < 1.29 is 14.6 Å². The number of esters is 1. The third-order valence-corrected chi connectivity index (χ3v) is 5.33. The van der Waals surface area contributed by atoms with Crippen LogP contribution in [0.5, 0.6) is 0 Å². The molecule has 3 nitrogen and oxygen atoms in total. The predicted octanol–water partition coefficient (Wildman–Crippen LogP) is 4.39. The van der Waals surface area contributed by atoms with Gasteiger partial charge in [-0.15, -0.1) is 0 Å². The molecule has 0 spiro atoms. The zero-order chi connectivity index (χ0) is 16.1. The highest BCUT2D eigenvalue weighted by atomic mass is 16.5. The van der Waals surface area contributed by atoms with Crippen molar-refractivity contribution in [3.8, 4) is 0 Å². The van der Waals surface area contributed by atoms with E-state index in [-0.39, 0.29) is 23.2 Å². The van der Waals surface area contributed by atoms with Crippen LogP contribution in [0, 0.1) is 26.2 Å². The molecule has 1 atom stereocenters. The van der Waals surface area contributed by atoms with Gasteiger partial charge in [-0.25, -0.2) is 4.79 Å². The van der Waals surface area contributed by atoms with Crippen molar-refractivity contribution in [3.63, 3.8) is 0 Å². The molecule has 118 valence electrons. The van der Waals surface area contributed by atoms with Gasteiger partial charge < -0.3 is 9.84 Å². The lowest BCUT2D eigenvalue weighted by Crippen LogP contribution is -2.33. The second kappa shape index (κ2) is 5.15. The molecular weight excluding hydrogens is 276 g/mol. The van der Waals surface area contributed by atoms with Crippen molar-refractivity contribution in [3.05, 3.63) is 40.1 Å². The molecule has 1 aromatic rings. The van der Waals surface area contributed by atoms with Gasteiger partial charge in [-0.3, -0.25) is 0 Å². The Morgan fingerprint density at radius 1 is 1.23 bits per heavy atom. The predicted molar refractivity (Wildman–Crippen MR) is 86.7 cm³/mol. The second-order valence-corrected chi connectivity index (χ2v) is 6.91. The average molecular weight is 300 g/mol. The molecule has 1 fully saturated rings. The van der Waals surface area contributed by atoms with Crippen molar-refractivity contribution in [1.82, 2.24) is 0 Å². The summed E-state index contributed by atoms with van der Waals surface area (Å²) in [5.41, 5.74) is 4.46. The van der Waals surface area contributed by atoms with E-state index in [2.05, 4.69) is 6.92 Å². The van der Waals surface area contributed by atoms with Gasteiger partial charge in [-0.05, 0) is 56.7 Å². The van der Waals surface area contributed by atoms with Gasteiger partial charge in [0.1, 0.15) is 17.4 Å². The Morgan fingerprint density at radius 2 is 1.82 bits per heavy atom. The number of ether oxygens (including phenoxy) is 1. The van der Waals surface area contributed by atoms with E-state index in [1.807, 2.05) is 32.9 Å². The van der Waals surface area contributed by atoms with E-state index < -0.39 is 0 Å². The summed E-state index contributed by atoms with van der Waals surface area (Å²) in [4.78, 5) is 12.6. The summed E-state index contributed by atoms with van der Waals surface area (Å²) < 4.78 is 5.73. The van der Waals surface area contributed by atoms with Crippen LogP contribution in [0.2, 0.25) is 0 Å². The topological polar surface area (TPSA) is 46.5 Å². The highest BCUT2D eigenvalue weighted by Gasteiger charge is 2.52. The number of carbonyl (C=O) groups is 1. The first-order valence-corrected chi connectivity index (χ1v) is 8.09. The molecule has 1 aliphatic heterocycles. The lowest BCUT2D eigenvalue weighted by atomic mass is 9.86. The summed E-state index contributed by atoms with van der Waals surface area (Å²) in [6, 6.07) is 4.08. The number of aliphatic hydroxyl groups is 1. The summed E-state index contributed by atoms with van der Waals surface area (Å²) in [7, 11) is 0. The molecule has 2 aliphatic rings. The molecule has 22 heavy (non-hydrogen) atoms. The summed E-state index contributed by atoms with van der Waals surface area (Å²) in [5.74, 6) is -0.181. The first-order chi connectivity index (χ1) is 10.4. The molecule has 1 aromatic carbocycles. The van der Waals surface area contributed by atoms with Crippen molar-refractivity contribution >= 4 is 11.5 Å². The van der Waals surface area contributed by atoms with E-state index in [9.17, 15) is 9.90 Å². The molecule has 3 rings (SSSR count). The molecule has 0 saturated heterocycles. The third kappa shape index (κ3) is 2.33. The van der Waals surface area contributed by atoms with Gasteiger partial charge in [-0.2, -0.15) is 0 Å². The van der Waals surface area contributed by atoms with E-state index in [4.69, 9.17) is 4.74 Å². The fourth-order valence-electron chi connectivity index (χ4n) is 3.85. The third-order valence-electron chi connectivity index (χ3n) is 5.33. The Labute approximate surface area is 132 Å². The minimum Gasteiger partial charge on any atom is -0.511 e. The van der Waals surface area contributed by atoms with Crippen LogP contribution in [0.25, 0.3) is 5.57 Å². The lowest BCUT2D eigenvalue weighted by molar-refractivity contribution is -0.147. The SMILES string of the molecule is CCC1(C2CC(O)=C(c3c(C)cc(C)cc3C)C(=O)O2)CC1. The fourth-order valence-corrected chi connectivity index (χ4v) is 3.85. The zero-order valence-electron chi connectivity index (χ0n) is 13.8. The van der Waals surface area contributed by atoms with E-state index >= 15 is 0 Å². The maximum atomic E-state index is 12.6. The van der Waals surface area contributed by atoms with Crippen LogP contribution in [-0.4, -0.2) is 17.2 Å². The largest absolute Gasteiger partial charge is 0.511 e. The standard InChI is InChI=1S/C19H24O3/c1-5-19(6-7-19)15-10-14(20)17(18(21)22-15)16-12(3)8-11(2)9-13(16)4/h8-9,15,20H,5-7,10H2,1-4H3. The van der Waals surface area contributed by atoms with Crippen molar-refractivity contribution in [2.45, 2.75) is 59.5 Å². The average Bonchev–Trinajstić information content (AvgIpc) is 3.21. The molecule has 3 heteroatoms. The Hall–Kier alpha value is -1.77. The van der Waals surface area contributed by atoms with E-state index in [0.29, 0.717) is 12.0 Å². The van der Waals surface area contributed by atoms with Gasteiger partial charge in [0.25, 0.3) is 0 Å². The van der Waals surface area contributed by atoms with Gasteiger partial charge in [-0.1, -0.05) is 24.6 Å². The van der Waals surface area contributed by atoms with Gasteiger partial charge in [0.05, 0.1) is 0 Å². The van der Waals surface area contributed by atoms with Crippen molar-refractivity contribution in [1.29, 1.82) is 0 Å². The summed E-state index contributed by atoms with van der Waals surface area (Å²) >= 11 is 0.